The SMILES string of the molecule is Cl.Cl.Fc1cc(Cl)cc(F)c1[C@H](C1CCC1)N1CCNCC1. The summed E-state index contributed by atoms with van der Waals surface area (Å²) in [6, 6.07) is 2.31. The molecule has 22 heavy (non-hydrogen) atoms. The van der Waals surface area contributed by atoms with E-state index in [4.69, 9.17) is 11.6 Å². The molecule has 0 spiro atoms. The van der Waals surface area contributed by atoms with E-state index in [2.05, 4.69) is 10.2 Å². The summed E-state index contributed by atoms with van der Waals surface area (Å²) in [5.74, 6) is -0.658. The summed E-state index contributed by atoms with van der Waals surface area (Å²) >= 11 is 5.74. The van der Waals surface area contributed by atoms with E-state index in [0.717, 1.165) is 45.4 Å². The second-order valence-corrected chi connectivity index (χ2v) is 6.14. The molecule has 1 heterocycles. The lowest BCUT2D eigenvalue weighted by Gasteiger charge is -2.43. The lowest BCUT2D eigenvalue weighted by molar-refractivity contribution is 0.0785. The van der Waals surface area contributed by atoms with Crippen molar-refractivity contribution in [2.45, 2.75) is 25.3 Å². The van der Waals surface area contributed by atoms with Gasteiger partial charge in [-0.3, -0.25) is 4.90 Å². The second kappa shape index (κ2) is 8.65. The van der Waals surface area contributed by atoms with E-state index in [-0.39, 0.29) is 41.4 Å². The lowest BCUT2D eigenvalue weighted by atomic mass is 9.76. The molecule has 3 rings (SSSR count). The Bertz CT molecular complexity index is 469. The van der Waals surface area contributed by atoms with E-state index in [0.29, 0.717) is 5.92 Å². The van der Waals surface area contributed by atoms with Gasteiger partial charge >= 0.3 is 0 Å². The molecule has 1 saturated carbocycles. The van der Waals surface area contributed by atoms with Crippen molar-refractivity contribution in [3.05, 3.63) is 34.4 Å². The molecule has 2 aliphatic rings. The summed E-state index contributed by atoms with van der Waals surface area (Å²) in [4.78, 5) is 2.22. The number of nitrogens with zero attached hydrogens (tertiary/aromatic N) is 1. The van der Waals surface area contributed by atoms with Crippen LogP contribution in [0, 0.1) is 17.6 Å². The Labute approximate surface area is 147 Å². The van der Waals surface area contributed by atoms with Crippen molar-refractivity contribution in [1.29, 1.82) is 0 Å². The normalized spacial score (nSPS) is 20.5. The molecule has 0 unspecified atom stereocenters. The largest absolute Gasteiger partial charge is 0.314 e. The first-order valence-electron chi connectivity index (χ1n) is 7.26. The minimum absolute atomic E-state index is 0. The van der Waals surface area contributed by atoms with Crippen LogP contribution in [-0.4, -0.2) is 31.1 Å². The third kappa shape index (κ3) is 4.04. The average Bonchev–Trinajstić information content (AvgIpc) is 2.35. The Morgan fingerprint density at radius 3 is 2.09 bits per heavy atom. The zero-order valence-electron chi connectivity index (χ0n) is 12.2. The molecule has 1 atom stereocenters. The standard InChI is InChI=1S/C15H19ClF2N2.2ClH/c16-11-8-12(17)14(13(18)9-11)15(10-2-1-3-10)20-6-4-19-5-7-20;;/h8-10,15,19H,1-7H2;2*1H/t15-;;/m0../s1. The van der Waals surface area contributed by atoms with Gasteiger partial charge in [-0.2, -0.15) is 0 Å². The van der Waals surface area contributed by atoms with Crippen LogP contribution in [0.15, 0.2) is 12.1 Å². The van der Waals surface area contributed by atoms with Gasteiger partial charge in [-0.25, -0.2) is 8.78 Å². The van der Waals surface area contributed by atoms with Crippen LogP contribution in [0.1, 0.15) is 30.9 Å². The zero-order chi connectivity index (χ0) is 14.1. The fourth-order valence-electron chi connectivity index (χ4n) is 3.27. The third-order valence-electron chi connectivity index (χ3n) is 4.48. The molecular weight excluding hydrogens is 353 g/mol. The molecule has 0 radical (unpaired) electrons. The summed E-state index contributed by atoms with van der Waals surface area (Å²) in [5, 5.41) is 3.41. The molecular formula is C15H21Cl3F2N2. The fourth-order valence-corrected chi connectivity index (χ4v) is 3.46. The van der Waals surface area contributed by atoms with Crippen LogP contribution >= 0.6 is 36.4 Å². The van der Waals surface area contributed by atoms with Gasteiger partial charge in [-0.15, -0.1) is 24.8 Å². The van der Waals surface area contributed by atoms with E-state index in [1.54, 1.807) is 0 Å². The van der Waals surface area contributed by atoms with Crippen molar-refractivity contribution in [2.75, 3.05) is 26.2 Å². The minimum atomic E-state index is -0.509. The van der Waals surface area contributed by atoms with Gasteiger partial charge in [-0.05, 0) is 30.9 Å². The van der Waals surface area contributed by atoms with Gasteiger partial charge in [-0.1, -0.05) is 18.0 Å². The highest BCUT2D eigenvalue weighted by molar-refractivity contribution is 6.30. The molecule has 0 amide bonds. The molecule has 1 saturated heterocycles. The summed E-state index contributed by atoms with van der Waals surface area (Å²) in [6.45, 7) is 3.42. The first-order valence-corrected chi connectivity index (χ1v) is 7.64. The van der Waals surface area contributed by atoms with Gasteiger partial charge < -0.3 is 5.32 Å². The molecule has 126 valence electrons. The molecule has 2 fully saturated rings. The second-order valence-electron chi connectivity index (χ2n) is 5.70. The summed E-state index contributed by atoms with van der Waals surface area (Å²) in [7, 11) is 0. The van der Waals surface area contributed by atoms with E-state index < -0.39 is 11.6 Å². The molecule has 2 nitrogen and oxygen atoms in total. The van der Waals surface area contributed by atoms with Gasteiger partial charge in [0, 0.05) is 42.8 Å². The van der Waals surface area contributed by atoms with Crippen molar-refractivity contribution < 1.29 is 8.78 Å². The van der Waals surface area contributed by atoms with E-state index in [1.807, 2.05) is 0 Å². The monoisotopic (exact) mass is 372 g/mol. The van der Waals surface area contributed by atoms with Crippen LogP contribution in [0.4, 0.5) is 8.78 Å². The number of hydrogen-bond donors (Lipinski definition) is 1. The maximum absolute atomic E-state index is 14.3. The van der Waals surface area contributed by atoms with Crippen molar-refractivity contribution in [1.82, 2.24) is 10.2 Å². The molecule has 1 aromatic carbocycles. The summed E-state index contributed by atoms with van der Waals surface area (Å²) in [5.41, 5.74) is 0.209. The van der Waals surface area contributed by atoms with Gasteiger partial charge in [0.1, 0.15) is 11.6 Å². The van der Waals surface area contributed by atoms with Gasteiger partial charge in [0.2, 0.25) is 0 Å². The van der Waals surface area contributed by atoms with Crippen LogP contribution in [0.3, 0.4) is 0 Å². The maximum Gasteiger partial charge on any atom is 0.132 e. The van der Waals surface area contributed by atoms with E-state index >= 15 is 0 Å². The van der Waals surface area contributed by atoms with Crippen LogP contribution in [0.2, 0.25) is 5.02 Å². The number of piperazine rings is 1. The Balaban J connectivity index is 0.00000121. The predicted molar refractivity (Wildman–Crippen MR) is 90.4 cm³/mol. The molecule has 1 aromatic rings. The molecule has 1 aliphatic carbocycles. The Kier molecular flexibility index (Phi) is 7.83. The smallest absolute Gasteiger partial charge is 0.132 e. The Morgan fingerprint density at radius 2 is 1.64 bits per heavy atom. The molecule has 1 N–H and O–H groups in total. The van der Waals surface area contributed by atoms with E-state index in [9.17, 15) is 8.78 Å². The summed E-state index contributed by atoms with van der Waals surface area (Å²) < 4.78 is 28.5. The highest BCUT2D eigenvalue weighted by atomic mass is 35.5. The molecule has 0 bridgehead atoms. The first kappa shape index (κ1) is 19.9. The number of nitrogens with one attached hydrogen (secondary N) is 1. The van der Waals surface area contributed by atoms with Crippen molar-refractivity contribution in [3.63, 3.8) is 0 Å². The quantitative estimate of drug-likeness (QED) is 0.854. The number of halogens is 5. The Hall–Kier alpha value is -0.130. The predicted octanol–water partition coefficient (Wildman–Crippen LogP) is 4.21. The highest BCUT2D eigenvalue weighted by Crippen LogP contribution is 2.43. The van der Waals surface area contributed by atoms with Crippen molar-refractivity contribution in [2.24, 2.45) is 5.92 Å². The topological polar surface area (TPSA) is 15.3 Å². The fraction of sp³-hybridized carbons (Fsp3) is 0.600. The number of hydrogen-bond acceptors (Lipinski definition) is 2. The average molecular weight is 374 g/mol. The molecule has 0 aromatic heterocycles. The van der Waals surface area contributed by atoms with E-state index in [1.165, 1.54) is 12.1 Å². The zero-order valence-corrected chi connectivity index (χ0v) is 14.5. The number of rotatable bonds is 3. The van der Waals surface area contributed by atoms with Crippen LogP contribution in [0.5, 0.6) is 0 Å². The maximum atomic E-state index is 14.3. The molecule has 7 heteroatoms. The van der Waals surface area contributed by atoms with Gasteiger partial charge in [0.25, 0.3) is 0 Å². The third-order valence-corrected chi connectivity index (χ3v) is 4.70. The van der Waals surface area contributed by atoms with Crippen LogP contribution in [-0.2, 0) is 0 Å². The van der Waals surface area contributed by atoms with Gasteiger partial charge in [0.15, 0.2) is 0 Å². The summed E-state index contributed by atoms with van der Waals surface area (Å²) in [6.07, 6.45) is 3.26. The van der Waals surface area contributed by atoms with Crippen molar-refractivity contribution in [3.8, 4) is 0 Å². The van der Waals surface area contributed by atoms with Crippen LogP contribution in [0.25, 0.3) is 0 Å². The van der Waals surface area contributed by atoms with Gasteiger partial charge in [0.05, 0.1) is 0 Å². The number of benzene rings is 1. The van der Waals surface area contributed by atoms with Crippen LogP contribution < -0.4 is 5.32 Å². The lowest BCUT2D eigenvalue weighted by Crippen LogP contribution is -2.48. The molecule has 1 aliphatic heterocycles. The minimum Gasteiger partial charge on any atom is -0.314 e. The van der Waals surface area contributed by atoms with Crippen molar-refractivity contribution >= 4 is 36.4 Å². The highest BCUT2D eigenvalue weighted by Gasteiger charge is 2.36. The first-order chi connectivity index (χ1) is 9.66. The Morgan fingerprint density at radius 1 is 1.09 bits per heavy atom.